The highest BCUT2D eigenvalue weighted by Crippen LogP contribution is 2.12. The lowest BCUT2D eigenvalue weighted by atomic mass is 9.99. The van der Waals surface area contributed by atoms with Crippen LogP contribution in [0.15, 0.2) is 0 Å². The minimum absolute atomic E-state index is 0.526. The zero-order valence-electron chi connectivity index (χ0n) is 6.74. The standard InChI is InChI=1S/C6H12O4/c1-6(10,2-3-7)4-5(8)9/h7,10H,2-4H2,1H3,(H,8,9)/i2T/t2-,6?/m1/s1. The number of rotatable bonds is 4. The first kappa shape index (κ1) is 7.50. The quantitative estimate of drug-likeness (QED) is 0.509. The average Bonchev–Trinajstić information content (AvgIpc) is 1.83. The van der Waals surface area contributed by atoms with Gasteiger partial charge < -0.3 is 15.3 Å². The molecule has 0 rings (SSSR count). The Morgan fingerprint density at radius 2 is 2.30 bits per heavy atom. The normalized spacial score (nSPS) is 20.9. The Morgan fingerprint density at radius 1 is 1.80 bits per heavy atom. The molecule has 0 saturated carbocycles. The molecule has 0 aromatic carbocycles. The molecular weight excluding hydrogens is 136 g/mol. The molecule has 0 aliphatic carbocycles. The van der Waals surface area contributed by atoms with Crippen LogP contribution in [0.5, 0.6) is 0 Å². The maximum Gasteiger partial charge on any atom is 0.306 e. The molecule has 0 heterocycles. The van der Waals surface area contributed by atoms with Crippen LogP contribution in [0.3, 0.4) is 0 Å². The molecule has 0 aromatic heterocycles. The van der Waals surface area contributed by atoms with Gasteiger partial charge in [0.1, 0.15) is 0 Å². The SMILES string of the molecule is [3H][C@H](CO)C(C)(O)CC(=O)O. The number of hydrogen-bond donors (Lipinski definition) is 3. The third-order valence-corrected chi connectivity index (χ3v) is 1.04. The van der Waals surface area contributed by atoms with Crippen molar-refractivity contribution in [1.29, 1.82) is 0 Å². The maximum atomic E-state index is 10.1. The van der Waals surface area contributed by atoms with Crippen LogP contribution in [-0.2, 0) is 4.79 Å². The first-order valence-corrected chi connectivity index (χ1v) is 2.87. The van der Waals surface area contributed by atoms with Gasteiger partial charge in [0.2, 0.25) is 0 Å². The lowest BCUT2D eigenvalue weighted by Gasteiger charge is -2.18. The zero-order chi connectivity index (χ0) is 9.07. The molecule has 1 unspecified atom stereocenters. The first-order chi connectivity index (χ1) is 4.90. The molecule has 10 heavy (non-hydrogen) atoms. The predicted molar refractivity (Wildman–Crippen MR) is 34.6 cm³/mol. The van der Waals surface area contributed by atoms with Crippen LogP contribution in [0.1, 0.15) is 21.1 Å². The molecule has 0 fully saturated rings. The number of aliphatic carboxylic acids is 1. The molecule has 0 aliphatic rings. The minimum Gasteiger partial charge on any atom is -0.481 e. The molecule has 0 saturated heterocycles. The molecule has 4 heteroatoms. The summed E-state index contributed by atoms with van der Waals surface area (Å²) in [4.78, 5) is 10.1. The second-order valence-corrected chi connectivity index (χ2v) is 2.31. The number of carbonyl (C=O) groups is 1. The van der Waals surface area contributed by atoms with E-state index in [0.29, 0.717) is 0 Å². The molecule has 0 radical (unpaired) electrons. The van der Waals surface area contributed by atoms with Gasteiger partial charge in [-0.2, -0.15) is 0 Å². The molecule has 60 valence electrons. The van der Waals surface area contributed by atoms with E-state index in [1.54, 1.807) is 0 Å². The van der Waals surface area contributed by atoms with Gasteiger partial charge in [-0.15, -0.1) is 0 Å². The van der Waals surface area contributed by atoms with Crippen LogP contribution in [0.2, 0.25) is 0 Å². The second-order valence-electron chi connectivity index (χ2n) is 2.31. The van der Waals surface area contributed by atoms with E-state index >= 15 is 0 Å². The van der Waals surface area contributed by atoms with Crippen LogP contribution < -0.4 is 0 Å². The van der Waals surface area contributed by atoms with E-state index in [1.165, 1.54) is 6.92 Å². The third kappa shape index (κ3) is 4.29. The lowest BCUT2D eigenvalue weighted by Crippen LogP contribution is -2.28. The van der Waals surface area contributed by atoms with E-state index in [2.05, 4.69) is 0 Å². The Bertz CT molecular complexity index is 146. The fraction of sp³-hybridized carbons (Fsp3) is 0.833. The molecule has 0 spiro atoms. The summed E-state index contributed by atoms with van der Waals surface area (Å²) < 4.78 is 7.05. The average molecular weight is 150 g/mol. The van der Waals surface area contributed by atoms with E-state index in [9.17, 15) is 9.90 Å². The summed E-state index contributed by atoms with van der Waals surface area (Å²) in [6.07, 6.45) is -1.69. The van der Waals surface area contributed by atoms with Crippen LogP contribution in [0.25, 0.3) is 0 Å². The Kier molecular flexibility index (Phi) is 2.65. The van der Waals surface area contributed by atoms with Crippen molar-refractivity contribution >= 4 is 5.97 Å². The summed E-state index contributed by atoms with van der Waals surface area (Å²) in [5.74, 6) is -1.18. The number of carboxylic acid groups (broad SMARTS) is 1. The number of carboxylic acids is 1. The van der Waals surface area contributed by atoms with Crippen LogP contribution in [0, 0.1) is 0 Å². The fourth-order valence-electron chi connectivity index (χ4n) is 0.575. The van der Waals surface area contributed by atoms with Gasteiger partial charge in [-0.05, 0) is 13.3 Å². The summed E-state index contributed by atoms with van der Waals surface area (Å²) in [5, 5.41) is 25.9. The monoisotopic (exact) mass is 150 g/mol. The van der Waals surface area contributed by atoms with Crippen molar-refractivity contribution in [2.24, 2.45) is 0 Å². The van der Waals surface area contributed by atoms with E-state index in [0.717, 1.165) is 0 Å². The highest BCUT2D eigenvalue weighted by atomic mass is 16.4. The van der Waals surface area contributed by atoms with Gasteiger partial charge in [-0.3, -0.25) is 4.79 Å². The Hall–Kier alpha value is -0.610. The van der Waals surface area contributed by atoms with E-state index < -0.39 is 31.0 Å². The predicted octanol–water partition coefficient (Wildman–Crippen LogP) is -0.406. The maximum absolute atomic E-state index is 10.1. The Balaban J connectivity index is 4.08. The highest BCUT2D eigenvalue weighted by Gasteiger charge is 2.22. The number of hydrogen-bond acceptors (Lipinski definition) is 3. The van der Waals surface area contributed by atoms with Gasteiger partial charge in [0.05, 0.1) is 12.0 Å². The van der Waals surface area contributed by atoms with E-state index in [1.807, 2.05) is 0 Å². The molecule has 0 bridgehead atoms. The zero-order valence-corrected chi connectivity index (χ0v) is 5.74. The smallest absolute Gasteiger partial charge is 0.306 e. The van der Waals surface area contributed by atoms with Crippen LogP contribution in [-0.4, -0.2) is 33.5 Å². The highest BCUT2D eigenvalue weighted by molar-refractivity contribution is 5.67. The lowest BCUT2D eigenvalue weighted by molar-refractivity contribution is -0.142. The Morgan fingerprint density at radius 3 is 2.60 bits per heavy atom. The van der Waals surface area contributed by atoms with Gasteiger partial charge in [-0.1, -0.05) is 0 Å². The van der Waals surface area contributed by atoms with Crippen molar-refractivity contribution in [1.82, 2.24) is 0 Å². The van der Waals surface area contributed by atoms with Gasteiger partial charge in [-0.25, -0.2) is 0 Å². The fourth-order valence-corrected chi connectivity index (χ4v) is 0.575. The molecule has 2 atom stereocenters. The minimum atomic E-state index is -1.65. The van der Waals surface area contributed by atoms with Crippen molar-refractivity contribution in [3.8, 4) is 0 Å². The van der Waals surface area contributed by atoms with Crippen molar-refractivity contribution in [3.63, 3.8) is 0 Å². The van der Waals surface area contributed by atoms with Crippen molar-refractivity contribution < 1.29 is 21.5 Å². The molecular formula is C6H12O4. The van der Waals surface area contributed by atoms with Gasteiger partial charge in [0.25, 0.3) is 0 Å². The van der Waals surface area contributed by atoms with Crippen molar-refractivity contribution in [2.75, 3.05) is 6.61 Å². The van der Waals surface area contributed by atoms with Gasteiger partial charge >= 0.3 is 5.97 Å². The summed E-state index contributed by atoms with van der Waals surface area (Å²) in [6.45, 7) is 0.676. The largest absolute Gasteiger partial charge is 0.481 e. The topological polar surface area (TPSA) is 77.8 Å². The molecule has 0 aliphatic heterocycles. The molecule has 3 N–H and O–H groups in total. The molecule has 4 nitrogen and oxygen atoms in total. The number of aliphatic hydroxyl groups is 2. The van der Waals surface area contributed by atoms with Crippen molar-refractivity contribution in [3.05, 3.63) is 0 Å². The molecule has 0 aromatic rings. The number of aliphatic hydroxyl groups excluding tert-OH is 1. The van der Waals surface area contributed by atoms with Crippen LogP contribution in [0.4, 0.5) is 0 Å². The summed E-state index contributed by atoms with van der Waals surface area (Å²) >= 11 is 0. The van der Waals surface area contributed by atoms with Crippen molar-refractivity contribution in [2.45, 2.75) is 25.3 Å². The summed E-state index contributed by atoms with van der Waals surface area (Å²) in [5.41, 5.74) is -1.65. The van der Waals surface area contributed by atoms with Gasteiger partial charge in [0.15, 0.2) is 0 Å². The van der Waals surface area contributed by atoms with E-state index in [4.69, 9.17) is 11.6 Å². The Labute approximate surface area is 60.5 Å². The summed E-state index contributed by atoms with van der Waals surface area (Å²) in [6, 6.07) is 0. The molecule has 0 amide bonds. The first-order valence-electron chi connectivity index (χ1n) is 3.45. The van der Waals surface area contributed by atoms with Gasteiger partial charge in [0, 0.05) is 7.98 Å². The van der Waals surface area contributed by atoms with Crippen LogP contribution >= 0.6 is 0 Å². The van der Waals surface area contributed by atoms with E-state index in [-0.39, 0.29) is 0 Å². The second kappa shape index (κ2) is 3.53. The third-order valence-electron chi connectivity index (χ3n) is 1.04. The summed E-state index contributed by atoms with van der Waals surface area (Å²) in [7, 11) is 0.